The molecule has 0 saturated carbocycles. The predicted octanol–water partition coefficient (Wildman–Crippen LogP) is -3.18. The van der Waals surface area contributed by atoms with Gasteiger partial charge in [-0.3, -0.25) is 9.78 Å². The number of amides is 1. The molecule has 9 heteroatoms. The fourth-order valence-corrected chi connectivity index (χ4v) is 0.279. The highest BCUT2D eigenvalue weighted by Crippen LogP contribution is 1.33. The van der Waals surface area contributed by atoms with Gasteiger partial charge in [0, 0.05) is 13.5 Å². The van der Waals surface area contributed by atoms with Crippen LogP contribution in [-0.2, 0) is 4.79 Å². The number of primary amides is 1. The molecule has 88 valence electrons. The first-order chi connectivity index (χ1) is 6.93. The molecule has 0 aliphatic rings. The first-order valence-electron chi connectivity index (χ1n) is 3.88. The van der Waals surface area contributed by atoms with Crippen LogP contribution >= 0.6 is 0 Å². The number of aliphatic hydroxyl groups is 1. The maximum absolute atomic E-state index is 9.95. The lowest BCUT2D eigenvalue weighted by Gasteiger charge is -1.71. The molecule has 1 amide bonds. The molecule has 0 atom stereocenters. The SMILES string of the molecule is CC(N)=O.NCCO.O=c1[nH][nH]c(=O)[nH]1. The Morgan fingerprint density at radius 1 is 1.33 bits per heavy atom. The zero-order valence-electron chi connectivity index (χ0n) is 8.24. The van der Waals surface area contributed by atoms with Crippen LogP contribution in [0, 0.1) is 0 Å². The average Bonchev–Trinajstić information content (AvgIpc) is 2.49. The molecule has 0 unspecified atom stereocenters. The second kappa shape index (κ2) is 10.2. The molecule has 9 nitrogen and oxygen atoms in total. The minimum absolute atomic E-state index is 0.0972. The van der Waals surface area contributed by atoms with E-state index in [1.807, 2.05) is 15.2 Å². The lowest BCUT2D eigenvalue weighted by Crippen LogP contribution is -2.07. The van der Waals surface area contributed by atoms with Crippen LogP contribution < -0.4 is 22.8 Å². The van der Waals surface area contributed by atoms with E-state index >= 15 is 0 Å². The van der Waals surface area contributed by atoms with E-state index in [9.17, 15) is 14.4 Å². The minimum Gasteiger partial charge on any atom is -0.395 e. The molecule has 0 saturated heterocycles. The van der Waals surface area contributed by atoms with Gasteiger partial charge in [0.05, 0.1) is 6.61 Å². The van der Waals surface area contributed by atoms with Gasteiger partial charge in [0.1, 0.15) is 0 Å². The van der Waals surface area contributed by atoms with Crippen molar-refractivity contribution in [3.63, 3.8) is 0 Å². The summed E-state index contributed by atoms with van der Waals surface area (Å²) in [5, 5.41) is 11.8. The summed E-state index contributed by atoms with van der Waals surface area (Å²) in [6.45, 7) is 1.78. The van der Waals surface area contributed by atoms with Crippen molar-refractivity contribution in [2.45, 2.75) is 6.92 Å². The van der Waals surface area contributed by atoms with Crippen LogP contribution in [0.15, 0.2) is 9.59 Å². The number of aromatic amines is 3. The summed E-state index contributed by atoms with van der Waals surface area (Å²) < 4.78 is 0. The largest absolute Gasteiger partial charge is 0.395 e. The van der Waals surface area contributed by atoms with Crippen LogP contribution in [0.1, 0.15) is 6.92 Å². The Kier molecular flexibility index (Phi) is 10.6. The van der Waals surface area contributed by atoms with E-state index in [2.05, 4.69) is 5.73 Å². The highest BCUT2D eigenvalue weighted by molar-refractivity contribution is 5.70. The van der Waals surface area contributed by atoms with Gasteiger partial charge in [0.25, 0.3) is 0 Å². The maximum atomic E-state index is 9.95. The fraction of sp³-hybridized carbons (Fsp3) is 0.500. The van der Waals surface area contributed by atoms with E-state index < -0.39 is 11.4 Å². The molecule has 0 aliphatic carbocycles. The summed E-state index contributed by atoms with van der Waals surface area (Å²) in [6.07, 6.45) is 0. The molecule has 1 aromatic heterocycles. The Hall–Kier alpha value is -1.87. The van der Waals surface area contributed by atoms with Gasteiger partial charge in [-0.25, -0.2) is 19.8 Å². The zero-order valence-corrected chi connectivity index (χ0v) is 8.24. The lowest BCUT2D eigenvalue weighted by molar-refractivity contribution is -0.115. The number of carbonyl (C=O) groups is 1. The van der Waals surface area contributed by atoms with Crippen molar-refractivity contribution in [3.05, 3.63) is 21.0 Å². The van der Waals surface area contributed by atoms with E-state index in [0.29, 0.717) is 6.54 Å². The van der Waals surface area contributed by atoms with Gasteiger partial charge in [-0.05, 0) is 0 Å². The topological polar surface area (TPSA) is 171 Å². The Morgan fingerprint density at radius 3 is 1.67 bits per heavy atom. The van der Waals surface area contributed by atoms with E-state index in [0.717, 1.165) is 0 Å². The number of nitrogens with one attached hydrogen (secondary N) is 3. The third-order valence-corrected chi connectivity index (χ3v) is 0.646. The van der Waals surface area contributed by atoms with E-state index in [-0.39, 0.29) is 12.5 Å². The molecule has 0 aromatic carbocycles. The highest BCUT2D eigenvalue weighted by atomic mass is 16.3. The molecule has 0 spiro atoms. The van der Waals surface area contributed by atoms with Crippen molar-refractivity contribution in [2.75, 3.05) is 13.2 Å². The Labute approximate surface area is 84.5 Å². The van der Waals surface area contributed by atoms with Gasteiger partial charge in [-0.15, -0.1) is 0 Å². The normalized spacial score (nSPS) is 7.93. The summed E-state index contributed by atoms with van der Waals surface area (Å²) in [6, 6.07) is 0. The molecule has 0 bridgehead atoms. The summed E-state index contributed by atoms with van der Waals surface area (Å²) in [7, 11) is 0. The third-order valence-electron chi connectivity index (χ3n) is 0.646. The molecule has 15 heavy (non-hydrogen) atoms. The second-order valence-corrected chi connectivity index (χ2v) is 2.16. The third kappa shape index (κ3) is 18.8. The number of hydrogen-bond donors (Lipinski definition) is 6. The van der Waals surface area contributed by atoms with Crippen molar-refractivity contribution in [3.8, 4) is 0 Å². The molecule has 0 radical (unpaired) electrons. The summed E-state index contributed by atoms with van der Waals surface area (Å²) in [5.41, 5.74) is 8.23. The first kappa shape index (κ1) is 15.6. The van der Waals surface area contributed by atoms with Gasteiger partial charge < -0.3 is 16.6 Å². The summed E-state index contributed by atoms with van der Waals surface area (Å²) in [5.74, 6) is -0.333. The lowest BCUT2D eigenvalue weighted by atomic mass is 10.8. The van der Waals surface area contributed by atoms with Crippen LogP contribution in [0.5, 0.6) is 0 Å². The van der Waals surface area contributed by atoms with Crippen molar-refractivity contribution in [2.24, 2.45) is 11.5 Å². The molecule has 0 fully saturated rings. The smallest absolute Gasteiger partial charge is 0.341 e. The predicted molar refractivity (Wildman–Crippen MR) is 53.0 cm³/mol. The van der Waals surface area contributed by atoms with Gasteiger partial charge >= 0.3 is 11.4 Å². The molecular formula is C6H15N5O4. The van der Waals surface area contributed by atoms with Crippen molar-refractivity contribution < 1.29 is 9.90 Å². The van der Waals surface area contributed by atoms with Crippen LogP contribution in [0.25, 0.3) is 0 Å². The van der Waals surface area contributed by atoms with E-state index in [4.69, 9.17) is 10.8 Å². The summed E-state index contributed by atoms with van der Waals surface area (Å²) in [4.78, 5) is 31.0. The number of H-pyrrole nitrogens is 3. The van der Waals surface area contributed by atoms with Gasteiger partial charge in [0.2, 0.25) is 5.91 Å². The Morgan fingerprint density at radius 2 is 1.60 bits per heavy atom. The molecule has 1 aromatic rings. The Bertz CT molecular complexity index is 320. The van der Waals surface area contributed by atoms with Gasteiger partial charge in [-0.2, -0.15) is 0 Å². The Balaban J connectivity index is 0. The van der Waals surface area contributed by atoms with Crippen molar-refractivity contribution in [1.29, 1.82) is 0 Å². The monoisotopic (exact) mass is 221 g/mol. The number of carbonyl (C=O) groups excluding carboxylic acids is 1. The van der Waals surface area contributed by atoms with Crippen LogP contribution in [0.3, 0.4) is 0 Å². The second-order valence-electron chi connectivity index (χ2n) is 2.16. The minimum atomic E-state index is -0.509. The first-order valence-corrected chi connectivity index (χ1v) is 3.88. The van der Waals surface area contributed by atoms with Crippen LogP contribution in [0.2, 0.25) is 0 Å². The molecule has 1 rings (SSSR count). The molecular weight excluding hydrogens is 206 g/mol. The number of aliphatic hydroxyl groups excluding tert-OH is 1. The van der Waals surface area contributed by atoms with Crippen LogP contribution in [0.4, 0.5) is 0 Å². The number of aromatic nitrogens is 3. The molecule has 8 N–H and O–H groups in total. The maximum Gasteiger partial charge on any atom is 0.341 e. The number of rotatable bonds is 1. The fourth-order valence-electron chi connectivity index (χ4n) is 0.279. The summed E-state index contributed by atoms with van der Waals surface area (Å²) >= 11 is 0. The number of nitrogens with two attached hydrogens (primary N) is 2. The van der Waals surface area contributed by atoms with E-state index in [1.54, 1.807) is 0 Å². The van der Waals surface area contributed by atoms with Crippen molar-refractivity contribution in [1.82, 2.24) is 15.2 Å². The number of hydrogen-bond acceptors (Lipinski definition) is 5. The molecule has 1 heterocycles. The van der Waals surface area contributed by atoms with E-state index in [1.165, 1.54) is 6.92 Å². The van der Waals surface area contributed by atoms with Crippen molar-refractivity contribution >= 4 is 5.91 Å². The average molecular weight is 221 g/mol. The standard InChI is InChI=1S/C2H3N3O2.C2H5NO.C2H7NO/c6-1-3-2(7)5-4-1;1-2(3)4;3-1-2-4/h(H3,3,4,5,6,7);1H3,(H2,3,4);4H,1-3H2. The molecule has 0 aliphatic heterocycles. The zero-order chi connectivity index (χ0) is 12.3. The highest BCUT2D eigenvalue weighted by Gasteiger charge is 1.79. The quantitative estimate of drug-likeness (QED) is 0.293. The van der Waals surface area contributed by atoms with Gasteiger partial charge in [-0.1, -0.05) is 0 Å². The van der Waals surface area contributed by atoms with Crippen LogP contribution in [-0.4, -0.2) is 39.3 Å². The van der Waals surface area contributed by atoms with Gasteiger partial charge in [0.15, 0.2) is 0 Å².